The van der Waals surface area contributed by atoms with Crippen molar-refractivity contribution in [2.75, 3.05) is 13.7 Å². The Morgan fingerprint density at radius 3 is 2.63 bits per heavy atom. The van der Waals surface area contributed by atoms with Gasteiger partial charge in [-0.05, 0) is 37.0 Å². The third kappa shape index (κ3) is 4.02. The summed E-state index contributed by atoms with van der Waals surface area (Å²) in [5.74, 6) is 1.23. The molecule has 9 heteroatoms. The van der Waals surface area contributed by atoms with Crippen LogP contribution < -0.4 is 10.5 Å². The number of carbonyl (C=O) groups excluding carboxylic acids is 2. The molecule has 1 saturated carbocycles. The number of aromatic nitrogens is 3. The van der Waals surface area contributed by atoms with E-state index >= 15 is 0 Å². The Balaban J connectivity index is 1.76. The van der Waals surface area contributed by atoms with Gasteiger partial charge in [-0.1, -0.05) is 19.1 Å². The average molecular weight is 413 g/mol. The summed E-state index contributed by atoms with van der Waals surface area (Å²) < 4.78 is 13.1. The minimum absolute atomic E-state index is 0.00202. The van der Waals surface area contributed by atoms with Crippen LogP contribution in [0.3, 0.4) is 0 Å². The summed E-state index contributed by atoms with van der Waals surface area (Å²) in [7, 11) is 1.62. The van der Waals surface area contributed by atoms with Gasteiger partial charge in [0, 0.05) is 12.6 Å². The zero-order valence-electron chi connectivity index (χ0n) is 17.3. The van der Waals surface area contributed by atoms with Gasteiger partial charge in [0.2, 0.25) is 11.8 Å². The molecule has 30 heavy (non-hydrogen) atoms. The van der Waals surface area contributed by atoms with Gasteiger partial charge in [-0.3, -0.25) is 9.59 Å². The predicted molar refractivity (Wildman–Crippen MR) is 108 cm³/mol. The van der Waals surface area contributed by atoms with E-state index < -0.39 is 12.0 Å². The molecule has 1 aromatic heterocycles. The Kier molecular flexibility index (Phi) is 5.72. The smallest absolute Gasteiger partial charge is 0.249 e. The molecule has 2 fully saturated rings. The van der Waals surface area contributed by atoms with Crippen LogP contribution in [0.15, 0.2) is 24.3 Å². The van der Waals surface area contributed by atoms with E-state index in [1.165, 1.54) is 0 Å². The SMILES string of the molecule is CCCn1nc(CC(N)=O)nc1[C@H]1OCC(=O)N(C2CC2)[C@@H]1c1ccc(OC)cc1. The van der Waals surface area contributed by atoms with Gasteiger partial charge in [0.1, 0.15) is 18.5 Å². The first-order chi connectivity index (χ1) is 14.5. The number of carbonyl (C=O) groups is 2. The molecule has 0 bridgehead atoms. The highest BCUT2D eigenvalue weighted by Crippen LogP contribution is 2.45. The van der Waals surface area contributed by atoms with Crippen molar-refractivity contribution < 1.29 is 19.1 Å². The molecular formula is C21H27N5O4. The second kappa shape index (κ2) is 8.43. The van der Waals surface area contributed by atoms with Gasteiger partial charge in [0.15, 0.2) is 11.6 Å². The molecule has 2 heterocycles. The van der Waals surface area contributed by atoms with Crippen LogP contribution in [-0.4, -0.2) is 51.2 Å². The molecule has 4 rings (SSSR count). The monoisotopic (exact) mass is 413 g/mol. The molecule has 160 valence electrons. The Bertz CT molecular complexity index is 922. The van der Waals surface area contributed by atoms with Crippen molar-refractivity contribution in [3.8, 4) is 5.75 Å². The van der Waals surface area contributed by atoms with E-state index in [2.05, 4.69) is 10.1 Å². The van der Waals surface area contributed by atoms with Gasteiger partial charge in [0.25, 0.3) is 0 Å². The number of ether oxygens (including phenoxy) is 2. The third-order valence-corrected chi connectivity index (χ3v) is 5.42. The molecule has 1 aromatic carbocycles. The van der Waals surface area contributed by atoms with E-state index in [4.69, 9.17) is 15.2 Å². The van der Waals surface area contributed by atoms with E-state index in [-0.39, 0.29) is 31.0 Å². The van der Waals surface area contributed by atoms with Crippen LogP contribution in [0.1, 0.15) is 55.5 Å². The van der Waals surface area contributed by atoms with Crippen molar-refractivity contribution in [1.29, 1.82) is 0 Å². The highest BCUT2D eigenvalue weighted by Gasteiger charge is 2.47. The topological polar surface area (TPSA) is 113 Å². The molecule has 0 unspecified atom stereocenters. The van der Waals surface area contributed by atoms with Crippen LogP contribution in [0.2, 0.25) is 0 Å². The van der Waals surface area contributed by atoms with Crippen LogP contribution in [0.4, 0.5) is 0 Å². The van der Waals surface area contributed by atoms with Crippen LogP contribution in [-0.2, 0) is 27.3 Å². The summed E-state index contributed by atoms with van der Waals surface area (Å²) in [6.07, 6.45) is 2.30. The highest BCUT2D eigenvalue weighted by molar-refractivity contribution is 5.79. The molecule has 2 aliphatic rings. The van der Waals surface area contributed by atoms with Crippen molar-refractivity contribution in [3.05, 3.63) is 41.5 Å². The van der Waals surface area contributed by atoms with E-state index in [9.17, 15) is 9.59 Å². The van der Waals surface area contributed by atoms with Crippen LogP contribution >= 0.6 is 0 Å². The first-order valence-corrected chi connectivity index (χ1v) is 10.3. The van der Waals surface area contributed by atoms with Crippen molar-refractivity contribution >= 4 is 11.8 Å². The van der Waals surface area contributed by atoms with Crippen molar-refractivity contribution in [3.63, 3.8) is 0 Å². The highest BCUT2D eigenvalue weighted by atomic mass is 16.5. The van der Waals surface area contributed by atoms with Gasteiger partial charge < -0.3 is 20.1 Å². The number of hydrogen-bond donors (Lipinski definition) is 1. The van der Waals surface area contributed by atoms with Gasteiger partial charge >= 0.3 is 0 Å². The van der Waals surface area contributed by atoms with E-state index in [1.807, 2.05) is 36.1 Å². The molecule has 2 atom stereocenters. The van der Waals surface area contributed by atoms with Crippen LogP contribution in [0.5, 0.6) is 5.75 Å². The first-order valence-electron chi connectivity index (χ1n) is 10.3. The standard InChI is InChI=1S/C21H27N5O4/c1-3-10-25-21(23-17(24-25)11-16(22)27)20-19(13-4-8-15(29-2)9-5-13)26(14-6-7-14)18(28)12-30-20/h4-5,8-9,14,19-20H,3,6-7,10-12H2,1-2H3,(H2,22,27)/t19-,20+/m1/s1. The molecule has 2 N–H and O–H groups in total. The molecule has 0 radical (unpaired) electrons. The number of nitrogens with two attached hydrogens (primary N) is 1. The number of morpholine rings is 1. The predicted octanol–water partition coefficient (Wildman–Crippen LogP) is 1.53. The number of rotatable bonds is 8. The minimum Gasteiger partial charge on any atom is -0.497 e. The Labute approximate surface area is 175 Å². The normalized spacial score (nSPS) is 21.7. The summed E-state index contributed by atoms with van der Waals surface area (Å²) in [5.41, 5.74) is 6.29. The number of nitrogens with zero attached hydrogens (tertiary/aromatic N) is 4. The molecule has 0 spiro atoms. The Morgan fingerprint density at radius 2 is 2.03 bits per heavy atom. The summed E-state index contributed by atoms with van der Waals surface area (Å²) in [4.78, 5) is 30.7. The lowest BCUT2D eigenvalue weighted by Gasteiger charge is -2.41. The van der Waals surface area contributed by atoms with E-state index in [1.54, 1.807) is 11.8 Å². The first kappa shape index (κ1) is 20.3. The quantitative estimate of drug-likeness (QED) is 0.702. The second-order valence-electron chi connectivity index (χ2n) is 7.73. The van der Waals surface area contributed by atoms with Crippen LogP contribution in [0.25, 0.3) is 0 Å². The molecule has 1 aliphatic heterocycles. The van der Waals surface area contributed by atoms with Crippen molar-refractivity contribution in [2.24, 2.45) is 5.73 Å². The fourth-order valence-corrected chi connectivity index (χ4v) is 3.98. The zero-order valence-corrected chi connectivity index (χ0v) is 17.3. The fourth-order valence-electron chi connectivity index (χ4n) is 3.98. The second-order valence-corrected chi connectivity index (χ2v) is 7.73. The van der Waals surface area contributed by atoms with Crippen molar-refractivity contribution in [1.82, 2.24) is 19.7 Å². The molecule has 2 amide bonds. The molecular weight excluding hydrogens is 386 g/mol. The molecule has 1 saturated heterocycles. The number of benzene rings is 1. The molecule has 1 aliphatic carbocycles. The van der Waals surface area contributed by atoms with Gasteiger partial charge in [-0.15, -0.1) is 0 Å². The molecule has 2 aromatic rings. The number of aryl methyl sites for hydroxylation is 1. The number of primary amides is 1. The lowest BCUT2D eigenvalue weighted by molar-refractivity contribution is -0.160. The van der Waals surface area contributed by atoms with Crippen molar-refractivity contribution in [2.45, 2.75) is 57.3 Å². The maximum atomic E-state index is 12.8. The van der Waals surface area contributed by atoms with E-state index in [0.717, 1.165) is 30.6 Å². The maximum Gasteiger partial charge on any atom is 0.249 e. The summed E-state index contributed by atoms with van der Waals surface area (Å²) in [6.45, 7) is 2.67. The Morgan fingerprint density at radius 1 is 1.30 bits per heavy atom. The largest absolute Gasteiger partial charge is 0.497 e. The van der Waals surface area contributed by atoms with Gasteiger partial charge in [0.05, 0.1) is 19.6 Å². The molecule has 9 nitrogen and oxygen atoms in total. The fraction of sp³-hybridized carbons (Fsp3) is 0.524. The average Bonchev–Trinajstić information content (AvgIpc) is 3.49. The number of methoxy groups -OCH3 is 1. The zero-order chi connectivity index (χ0) is 21.3. The van der Waals surface area contributed by atoms with E-state index in [0.29, 0.717) is 18.2 Å². The summed E-state index contributed by atoms with van der Waals surface area (Å²) in [6, 6.07) is 7.56. The van der Waals surface area contributed by atoms with Gasteiger partial charge in [-0.25, -0.2) is 9.67 Å². The summed E-state index contributed by atoms with van der Waals surface area (Å²) >= 11 is 0. The van der Waals surface area contributed by atoms with Gasteiger partial charge in [-0.2, -0.15) is 5.10 Å². The third-order valence-electron chi connectivity index (χ3n) is 5.42. The number of hydrogen-bond acceptors (Lipinski definition) is 6. The lowest BCUT2D eigenvalue weighted by Crippen LogP contribution is -2.47. The van der Waals surface area contributed by atoms with Crippen LogP contribution in [0, 0.1) is 0 Å². The lowest BCUT2D eigenvalue weighted by atomic mass is 9.96. The number of amides is 2. The minimum atomic E-state index is -0.489. The Hall–Kier alpha value is -2.94. The maximum absolute atomic E-state index is 12.8. The summed E-state index contributed by atoms with van der Waals surface area (Å²) in [5, 5.41) is 4.48.